The Hall–Kier alpha value is -3.95. The van der Waals surface area contributed by atoms with Gasteiger partial charge in [-0.3, -0.25) is 23.9 Å². The summed E-state index contributed by atoms with van der Waals surface area (Å²) in [7, 11) is 1.83. The Balaban J connectivity index is 0.000000434. The van der Waals surface area contributed by atoms with Crippen molar-refractivity contribution in [2.24, 2.45) is 7.05 Å². The summed E-state index contributed by atoms with van der Waals surface area (Å²) in [4.78, 5) is 36.0. The van der Waals surface area contributed by atoms with Gasteiger partial charge in [0, 0.05) is 50.8 Å². The molecule has 1 fully saturated rings. The average Bonchev–Trinajstić information content (AvgIpc) is 3.62. The van der Waals surface area contributed by atoms with Gasteiger partial charge in [-0.2, -0.15) is 0 Å². The Labute approximate surface area is 224 Å². The molecule has 5 rings (SSSR count). The van der Waals surface area contributed by atoms with Gasteiger partial charge >= 0.3 is 0 Å². The highest BCUT2D eigenvalue weighted by molar-refractivity contribution is 5.95. The molecule has 38 heavy (non-hydrogen) atoms. The fraction of sp³-hybridized carbons (Fsp3) is 0.464. The number of anilines is 1. The van der Waals surface area contributed by atoms with Crippen LogP contribution in [0, 0.1) is 13.8 Å². The van der Waals surface area contributed by atoms with Crippen LogP contribution in [0.2, 0.25) is 0 Å². The minimum absolute atomic E-state index is 0.0259. The fourth-order valence-corrected chi connectivity index (χ4v) is 4.39. The number of pyridine rings is 1. The maximum Gasteiger partial charge on any atom is 0.279 e. The summed E-state index contributed by atoms with van der Waals surface area (Å²) in [6, 6.07) is 9.60. The zero-order valence-corrected chi connectivity index (χ0v) is 23.4. The van der Waals surface area contributed by atoms with Gasteiger partial charge in [0.2, 0.25) is 0 Å². The van der Waals surface area contributed by atoms with E-state index in [2.05, 4.69) is 32.2 Å². The molecule has 0 aromatic carbocycles. The third-order valence-electron chi connectivity index (χ3n) is 6.54. The summed E-state index contributed by atoms with van der Waals surface area (Å²) in [6.07, 6.45) is 8.01. The first-order chi connectivity index (χ1) is 18.4. The number of imidazole rings is 1. The highest BCUT2D eigenvalue weighted by Gasteiger charge is 2.28. The van der Waals surface area contributed by atoms with Crippen LogP contribution in [-0.2, 0) is 13.6 Å². The van der Waals surface area contributed by atoms with Gasteiger partial charge in [-0.1, -0.05) is 33.3 Å². The summed E-state index contributed by atoms with van der Waals surface area (Å²) in [5, 5.41) is 7.73. The molecule has 1 aliphatic rings. The normalized spacial score (nSPS) is 14.5. The topological polar surface area (TPSA) is 102 Å². The highest BCUT2D eigenvalue weighted by atomic mass is 16.2. The molecule has 1 aliphatic heterocycles. The van der Waals surface area contributed by atoms with Crippen LogP contribution in [0.3, 0.4) is 0 Å². The lowest BCUT2D eigenvalue weighted by Gasteiger charge is -2.18. The van der Waals surface area contributed by atoms with Crippen molar-refractivity contribution in [2.45, 2.75) is 66.5 Å². The number of nitrogens with one attached hydrogen (secondary N) is 1. The molecule has 0 aliphatic carbocycles. The van der Waals surface area contributed by atoms with Gasteiger partial charge in [0.25, 0.3) is 11.5 Å². The van der Waals surface area contributed by atoms with Gasteiger partial charge < -0.3 is 10.2 Å². The van der Waals surface area contributed by atoms with Crippen LogP contribution in [0.15, 0.2) is 53.7 Å². The number of aromatic nitrogens is 6. The van der Waals surface area contributed by atoms with Crippen LogP contribution in [0.5, 0.6) is 0 Å². The van der Waals surface area contributed by atoms with Crippen molar-refractivity contribution in [3.05, 3.63) is 76.2 Å². The zero-order valence-electron chi connectivity index (χ0n) is 23.4. The van der Waals surface area contributed by atoms with Crippen LogP contribution >= 0.6 is 0 Å². The summed E-state index contributed by atoms with van der Waals surface area (Å²) in [5.41, 5.74) is 2.54. The SMILES string of the molecule is CC.CCCCn1c(=O)c(C(=O)N[C@H]2CCN(c3ccc4ncc(C)n4n3)C2)c(C)n1C.c1ccncc1. The van der Waals surface area contributed by atoms with Gasteiger partial charge in [-0.25, -0.2) is 9.50 Å². The number of carbonyl (C=O) groups is 1. The second-order valence-electron chi connectivity index (χ2n) is 9.06. The summed E-state index contributed by atoms with van der Waals surface area (Å²) < 4.78 is 5.27. The van der Waals surface area contributed by atoms with Gasteiger partial charge in [0.15, 0.2) is 5.65 Å². The molecule has 204 valence electrons. The Kier molecular flexibility index (Phi) is 10.2. The molecule has 1 saturated heterocycles. The molecule has 0 radical (unpaired) electrons. The van der Waals surface area contributed by atoms with E-state index < -0.39 is 0 Å². The first-order valence-corrected chi connectivity index (χ1v) is 13.4. The fourth-order valence-electron chi connectivity index (χ4n) is 4.39. The molecule has 1 amide bonds. The molecule has 1 atom stereocenters. The van der Waals surface area contributed by atoms with Gasteiger partial charge in [0.05, 0.1) is 11.9 Å². The number of unbranched alkanes of at least 4 members (excludes halogenated alkanes) is 1. The van der Waals surface area contributed by atoms with Crippen molar-refractivity contribution >= 4 is 17.4 Å². The average molecular weight is 521 g/mol. The second kappa shape index (κ2) is 13.6. The number of fused-ring (bicyclic) bond motifs is 1. The van der Waals surface area contributed by atoms with Crippen molar-refractivity contribution < 1.29 is 4.79 Å². The van der Waals surface area contributed by atoms with E-state index in [-0.39, 0.29) is 23.1 Å². The van der Waals surface area contributed by atoms with Crippen molar-refractivity contribution in [1.29, 1.82) is 0 Å². The molecule has 0 spiro atoms. The Morgan fingerprint density at radius 2 is 1.87 bits per heavy atom. The van der Waals surface area contributed by atoms with Crippen molar-refractivity contribution in [3.8, 4) is 0 Å². The summed E-state index contributed by atoms with van der Waals surface area (Å²) in [5.74, 6) is 0.572. The predicted octanol–water partition coefficient (Wildman–Crippen LogP) is 3.76. The van der Waals surface area contributed by atoms with E-state index in [0.29, 0.717) is 18.8 Å². The third-order valence-corrected chi connectivity index (χ3v) is 6.54. The van der Waals surface area contributed by atoms with Crippen LogP contribution in [0.4, 0.5) is 5.82 Å². The molecular weight excluding hydrogens is 480 g/mol. The lowest BCUT2D eigenvalue weighted by atomic mass is 10.2. The molecule has 4 aromatic heterocycles. The smallest absolute Gasteiger partial charge is 0.279 e. The minimum atomic E-state index is -0.288. The highest BCUT2D eigenvalue weighted by Crippen LogP contribution is 2.19. The van der Waals surface area contributed by atoms with Gasteiger partial charge in [-0.15, -0.1) is 5.10 Å². The number of hydrogen-bond donors (Lipinski definition) is 1. The lowest BCUT2D eigenvalue weighted by Crippen LogP contribution is -2.39. The number of nitrogens with zero attached hydrogens (tertiary/aromatic N) is 7. The molecule has 10 heteroatoms. The van der Waals surface area contributed by atoms with Gasteiger partial charge in [0.1, 0.15) is 11.4 Å². The molecule has 0 saturated carbocycles. The van der Waals surface area contributed by atoms with E-state index in [4.69, 9.17) is 0 Å². The quantitative estimate of drug-likeness (QED) is 0.415. The molecule has 5 heterocycles. The monoisotopic (exact) mass is 520 g/mol. The molecule has 0 bridgehead atoms. The molecule has 1 N–H and O–H groups in total. The Morgan fingerprint density at radius 1 is 1.13 bits per heavy atom. The van der Waals surface area contributed by atoms with E-state index in [1.165, 1.54) is 0 Å². The van der Waals surface area contributed by atoms with Crippen molar-refractivity contribution in [1.82, 2.24) is 34.3 Å². The van der Waals surface area contributed by atoms with E-state index in [9.17, 15) is 9.59 Å². The maximum absolute atomic E-state index is 12.9. The molecule has 10 nitrogen and oxygen atoms in total. The number of amides is 1. The molecule has 4 aromatic rings. The standard InChI is InChI=1S/C21H29N7O2.C5H5N.C2H6/c1-5-6-10-27-21(30)19(15(3)25(27)4)20(29)23-16-9-11-26(13-16)18-8-7-17-22-12-14(2)28(17)24-18;1-2-4-6-5-3-1;1-2/h7-8,12,16H,5-6,9-11,13H2,1-4H3,(H,23,29);1-5H;1-2H3/t16-;;/m0../s1. The summed E-state index contributed by atoms with van der Waals surface area (Å²) >= 11 is 0. The van der Waals surface area contributed by atoms with Crippen LogP contribution in [-0.4, -0.2) is 54.0 Å². The van der Waals surface area contributed by atoms with Crippen molar-refractivity contribution in [3.63, 3.8) is 0 Å². The number of carbonyl (C=O) groups excluding carboxylic acids is 1. The van der Waals surface area contributed by atoms with E-state index in [1.807, 2.05) is 69.6 Å². The number of aryl methyl sites for hydroxylation is 1. The molecule has 0 unspecified atom stereocenters. The van der Waals surface area contributed by atoms with Crippen molar-refractivity contribution in [2.75, 3.05) is 18.0 Å². The third kappa shape index (κ3) is 6.48. The van der Waals surface area contributed by atoms with Crippen LogP contribution in [0.1, 0.15) is 61.8 Å². The first-order valence-electron chi connectivity index (χ1n) is 13.4. The summed E-state index contributed by atoms with van der Waals surface area (Å²) in [6.45, 7) is 12.0. The van der Waals surface area contributed by atoms with Crippen LogP contribution in [0.25, 0.3) is 5.65 Å². The maximum atomic E-state index is 12.9. The van der Waals surface area contributed by atoms with Gasteiger partial charge in [-0.05, 0) is 51.0 Å². The lowest BCUT2D eigenvalue weighted by molar-refractivity contribution is 0.0938. The Morgan fingerprint density at radius 3 is 2.50 bits per heavy atom. The Bertz CT molecular complexity index is 1350. The largest absolute Gasteiger partial charge is 0.353 e. The van der Waals surface area contributed by atoms with E-state index in [0.717, 1.165) is 43.0 Å². The predicted molar refractivity (Wildman–Crippen MR) is 151 cm³/mol. The minimum Gasteiger partial charge on any atom is -0.353 e. The van der Waals surface area contributed by atoms with Crippen LogP contribution < -0.4 is 15.8 Å². The van der Waals surface area contributed by atoms with E-state index in [1.54, 1.807) is 28.0 Å². The number of hydrogen-bond acceptors (Lipinski definition) is 6. The van der Waals surface area contributed by atoms with E-state index >= 15 is 0 Å². The zero-order chi connectivity index (χ0) is 27.7. The number of rotatable bonds is 6. The second-order valence-corrected chi connectivity index (χ2v) is 9.06. The molecular formula is C28H40N8O2. The first kappa shape index (κ1) is 28.6.